The van der Waals surface area contributed by atoms with Gasteiger partial charge in [-0.1, -0.05) is 18.1 Å². The molecule has 0 saturated carbocycles. The number of aromatic nitrogens is 3. The minimum atomic E-state index is -3.40. The molecule has 0 saturated heterocycles. The summed E-state index contributed by atoms with van der Waals surface area (Å²) in [5.41, 5.74) is 0.794. The van der Waals surface area contributed by atoms with Crippen molar-refractivity contribution in [1.29, 1.82) is 0 Å². The Labute approximate surface area is 143 Å². The zero-order valence-corrected chi connectivity index (χ0v) is 14.0. The molecule has 0 bridgehead atoms. The molecule has 1 N–H and O–H groups in total. The van der Waals surface area contributed by atoms with Crippen molar-refractivity contribution in [2.45, 2.75) is 11.8 Å². The zero-order valence-electron chi connectivity index (χ0n) is 13.2. The Morgan fingerprint density at radius 3 is 2.76 bits per heavy atom. The molecule has 0 unspecified atom stereocenters. The summed E-state index contributed by atoms with van der Waals surface area (Å²) < 4.78 is 29.2. The molecule has 1 aromatic carbocycles. The van der Waals surface area contributed by atoms with Gasteiger partial charge in [-0.05, 0) is 30.3 Å². The summed E-state index contributed by atoms with van der Waals surface area (Å²) in [7, 11) is -3.40. The number of rotatable bonds is 5. The highest BCUT2D eigenvalue weighted by Gasteiger charge is 2.16. The molecule has 0 radical (unpaired) electrons. The van der Waals surface area contributed by atoms with Crippen molar-refractivity contribution < 1.29 is 17.6 Å². The van der Waals surface area contributed by atoms with Crippen LogP contribution in [0.1, 0.15) is 17.3 Å². The summed E-state index contributed by atoms with van der Waals surface area (Å²) in [6, 6.07) is 9.14. The monoisotopic (exact) mass is 358 g/mol. The Morgan fingerprint density at radius 2 is 2.04 bits per heavy atom. The minimum Gasteiger partial charge on any atom is -0.403 e. The number of carbonyl (C=O) groups excluding carboxylic acids is 1. The Morgan fingerprint density at radius 1 is 1.20 bits per heavy atom. The second kappa shape index (κ2) is 6.81. The minimum absolute atomic E-state index is 0.0454. The Hall–Kier alpha value is -3.07. The lowest BCUT2D eigenvalue weighted by Crippen LogP contribution is -2.13. The van der Waals surface area contributed by atoms with Crippen LogP contribution in [0.25, 0.3) is 11.5 Å². The Kier molecular flexibility index (Phi) is 4.57. The molecule has 128 valence electrons. The molecule has 0 aliphatic carbocycles. The van der Waals surface area contributed by atoms with Gasteiger partial charge in [0.05, 0.1) is 16.2 Å². The van der Waals surface area contributed by atoms with Crippen molar-refractivity contribution in [3.8, 4) is 11.5 Å². The first kappa shape index (κ1) is 16.8. The van der Waals surface area contributed by atoms with E-state index in [1.807, 2.05) is 0 Å². The number of benzene rings is 1. The van der Waals surface area contributed by atoms with E-state index in [2.05, 4.69) is 20.5 Å². The molecule has 3 rings (SSSR count). The molecule has 3 aromatic rings. The van der Waals surface area contributed by atoms with Crippen LogP contribution < -0.4 is 5.32 Å². The van der Waals surface area contributed by atoms with Crippen LogP contribution in [0.4, 0.5) is 6.01 Å². The summed E-state index contributed by atoms with van der Waals surface area (Å²) >= 11 is 0. The third-order valence-electron chi connectivity index (χ3n) is 3.39. The van der Waals surface area contributed by atoms with Gasteiger partial charge in [-0.2, -0.15) is 0 Å². The van der Waals surface area contributed by atoms with Crippen LogP contribution in [0, 0.1) is 0 Å². The smallest absolute Gasteiger partial charge is 0.322 e. The molecule has 25 heavy (non-hydrogen) atoms. The molecule has 1 amide bonds. The zero-order chi connectivity index (χ0) is 17.9. The van der Waals surface area contributed by atoms with Gasteiger partial charge in [0.15, 0.2) is 9.84 Å². The topological polar surface area (TPSA) is 115 Å². The number of nitrogens with one attached hydrogen (secondary N) is 1. The lowest BCUT2D eigenvalue weighted by Gasteiger charge is -2.04. The highest BCUT2D eigenvalue weighted by atomic mass is 32.2. The number of pyridine rings is 1. The van der Waals surface area contributed by atoms with E-state index in [-0.39, 0.29) is 28.1 Å². The lowest BCUT2D eigenvalue weighted by atomic mass is 10.2. The number of hydrogen-bond donors (Lipinski definition) is 1. The van der Waals surface area contributed by atoms with Crippen LogP contribution in [0.15, 0.2) is 58.1 Å². The fourth-order valence-corrected chi connectivity index (χ4v) is 2.97. The van der Waals surface area contributed by atoms with E-state index < -0.39 is 15.7 Å². The number of anilines is 1. The van der Waals surface area contributed by atoms with Gasteiger partial charge in [0, 0.05) is 18.0 Å². The second-order valence-electron chi connectivity index (χ2n) is 5.04. The molecular formula is C16H14N4O4S. The third-order valence-corrected chi connectivity index (χ3v) is 5.12. The number of hydrogen-bond acceptors (Lipinski definition) is 7. The van der Waals surface area contributed by atoms with Crippen LogP contribution in [-0.4, -0.2) is 35.3 Å². The summed E-state index contributed by atoms with van der Waals surface area (Å²) in [4.78, 5) is 16.3. The van der Waals surface area contributed by atoms with Gasteiger partial charge in [0.1, 0.15) is 0 Å². The third kappa shape index (κ3) is 3.72. The van der Waals surface area contributed by atoms with Gasteiger partial charge in [-0.15, -0.1) is 5.10 Å². The number of nitrogens with zero attached hydrogens (tertiary/aromatic N) is 3. The normalized spacial score (nSPS) is 11.2. The molecule has 9 heteroatoms. The van der Waals surface area contributed by atoms with Gasteiger partial charge in [0.2, 0.25) is 0 Å². The summed E-state index contributed by atoms with van der Waals surface area (Å²) in [5, 5.41) is 10.0. The van der Waals surface area contributed by atoms with Gasteiger partial charge in [-0.3, -0.25) is 15.1 Å². The molecule has 8 nitrogen and oxygen atoms in total. The highest BCUT2D eigenvalue weighted by Crippen LogP contribution is 2.19. The van der Waals surface area contributed by atoms with Gasteiger partial charge in [-0.25, -0.2) is 8.42 Å². The van der Waals surface area contributed by atoms with Crippen molar-refractivity contribution in [1.82, 2.24) is 15.2 Å². The molecular weight excluding hydrogens is 344 g/mol. The van der Waals surface area contributed by atoms with Crippen molar-refractivity contribution in [3.05, 3.63) is 54.4 Å². The predicted molar refractivity (Wildman–Crippen MR) is 89.7 cm³/mol. The standard InChI is InChI=1S/C16H14N4O4S/c1-2-25(22,23)13-7-3-5-11(9-13)14(21)18-16-20-19-15(24-16)12-6-4-8-17-10-12/h3-10H,2H2,1H3,(H,18,20,21). The Balaban J connectivity index is 1.80. The largest absolute Gasteiger partial charge is 0.403 e. The van der Waals surface area contributed by atoms with Crippen molar-refractivity contribution >= 4 is 21.8 Å². The summed E-state index contributed by atoms with van der Waals surface area (Å²) in [6.07, 6.45) is 3.16. The van der Waals surface area contributed by atoms with E-state index in [4.69, 9.17) is 4.42 Å². The molecule has 2 aromatic heterocycles. The van der Waals surface area contributed by atoms with E-state index in [1.165, 1.54) is 24.3 Å². The van der Waals surface area contributed by atoms with Gasteiger partial charge >= 0.3 is 6.01 Å². The molecule has 0 fully saturated rings. The van der Waals surface area contributed by atoms with Crippen molar-refractivity contribution in [2.75, 3.05) is 11.1 Å². The average molecular weight is 358 g/mol. The Bertz CT molecular complexity index is 1000. The molecule has 0 aliphatic heterocycles. The van der Waals surface area contributed by atoms with Crippen LogP contribution in [0.5, 0.6) is 0 Å². The maximum atomic E-state index is 12.3. The van der Waals surface area contributed by atoms with Gasteiger partial charge in [0.25, 0.3) is 11.8 Å². The summed E-state index contributed by atoms with van der Waals surface area (Å²) in [6.45, 7) is 1.54. The average Bonchev–Trinajstić information content (AvgIpc) is 3.11. The van der Waals surface area contributed by atoms with E-state index in [1.54, 1.807) is 31.5 Å². The lowest BCUT2D eigenvalue weighted by molar-refractivity contribution is 0.102. The number of carbonyl (C=O) groups is 1. The fraction of sp³-hybridized carbons (Fsp3) is 0.125. The SMILES string of the molecule is CCS(=O)(=O)c1cccc(C(=O)Nc2nnc(-c3cccnc3)o2)c1. The first-order valence-electron chi connectivity index (χ1n) is 7.37. The first-order chi connectivity index (χ1) is 12.0. The summed E-state index contributed by atoms with van der Waals surface area (Å²) in [5.74, 6) is -0.379. The molecule has 0 aliphatic rings. The quantitative estimate of drug-likeness (QED) is 0.743. The van der Waals surface area contributed by atoms with Gasteiger partial charge < -0.3 is 4.42 Å². The van der Waals surface area contributed by atoms with Crippen LogP contribution in [-0.2, 0) is 9.84 Å². The maximum absolute atomic E-state index is 12.3. The molecule has 2 heterocycles. The van der Waals surface area contributed by atoms with E-state index >= 15 is 0 Å². The molecule has 0 atom stereocenters. The number of sulfone groups is 1. The van der Waals surface area contributed by atoms with E-state index in [9.17, 15) is 13.2 Å². The van der Waals surface area contributed by atoms with Crippen LogP contribution in [0.3, 0.4) is 0 Å². The van der Waals surface area contributed by atoms with E-state index in [0.717, 1.165) is 0 Å². The fourth-order valence-electron chi connectivity index (χ4n) is 2.05. The van der Waals surface area contributed by atoms with E-state index in [0.29, 0.717) is 5.56 Å². The van der Waals surface area contributed by atoms with Crippen molar-refractivity contribution in [2.24, 2.45) is 0 Å². The second-order valence-corrected chi connectivity index (χ2v) is 7.32. The predicted octanol–water partition coefficient (Wildman–Crippen LogP) is 2.18. The van der Waals surface area contributed by atoms with Crippen LogP contribution in [0.2, 0.25) is 0 Å². The number of amides is 1. The first-order valence-corrected chi connectivity index (χ1v) is 9.03. The highest BCUT2D eigenvalue weighted by molar-refractivity contribution is 7.91. The molecule has 0 spiro atoms. The van der Waals surface area contributed by atoms with Crippen molar-refractivity contribution in [3.63, 3.8) is 0 Å². The maximum Gasteiger partial charge on any atom is 0.322 e. The van der Waals surface area contributed by atoms with Crippen LogP contribution >= 0.6 is 0 Å².